The minimum absolute atomic E-state index is 0.161. The van der Waals surface area contributed by atoms with Crippen LogP contribution in [0.15, 0.2) is 72.8 Å². The summed E-state index contributed by atoms with van der Waals surface area (Å²) in [6.45, 7) is 0. The van der Waals surface area contributed by atoms with Crippen LogP contribution in [0, 0.1) is 0 Å². The number of rotatable bonds is 3. The summed E-state index contributed by atoms with van der Waals surface area (Å²) in [6.07, 6.45) is 0. The molecule has 0 aromatic heterocycles. The van der Waals surface area contributed by atoms with Crippen LogP contribution in [-0.4, -0.2) is 19.6 Å². The van der Waals surface area contributed by atoms with Gasteiger partial charge in [0.2, 0.25) is 0 Å². The van der Waals surface area contributed by atoms with Crippen LogP contribution in [0.2, 0.25) is 0 Å². The van der Waals surface area contributed by atoms with Crippen LogP contribution in [0.4, 0.5) is 0 Å². The summed E-state index contributed by atoms with van der Waals surface area (Å²) in [6, 6.07) is 23.9. The molecule has 0 aliphatic carbocycles. The van der Waals surface area contributed by atoms with E-state index >= 15 is 0 Å². The Hall–Kier alpha value is -1.89. The van der Waals surface area contributed by atoms with Crippen LogP contribution in [0.3, 0.4) is 0 Å². The number of hydrogen-bond donors (Lipinski definition) is 0. The number of carbonyl (C=O) groups is 1. The molecule has 3 aromatic rings. The van der Waals surface area contributed by atoms with Crippen molar-refractivity contribution in [2.75, 3.05) is 0 Å². The third-order valence-corrected chi connectivity index (χ3v) is 4.88. The Kier molecular flexibility index (Phi) is 3.45. The fraction of sp³-hybridized carbons (Fsp3) is 0. The molecular formula is C17H12OSe. The number of benzene rings is 3. The zero-order valence-electron chi connectivity index (χ0n) is 10.2. The molecule has 3 rings (SSSR count). The Bertz CT molecular complexity index is 714. The summed E-state index contributed by atoms with van der Waals surface area (Å²) in [7, 11) is 0. The van der Waals surface area contributed by atoms with Crippen LogP contribution in [0.5, 0.6) is 0 Å². The molecule has 0 atom stereocenters. The van der Waals surface area contributed by atoms with Gasteiger partial charge in [0.1, 0.15) is 0 Å². The first kappa shape index (κ1) is 12.2. The van der Waals surface area contributed by atoms with E-state index in [1.54, 1.807) is 0 Å². The summed E-state index contributed by atoms with van der Waals surface area (Å²) in [5, 5.41) is 2.17. The Morgan fingerprint density at radius 2 is 1.42 bits per heavy atom. The maximum absolute atomic E-state index is 12.5. The summed E-state index contributed by atoms with van der Waals surface area (Å²) in [5.41, 5.74) is 0.835. The molecule has 0 fully saturated rings. The Labute approximate surface area is 118 Å². The van der Waals surface area contributed by atoms with Crippen molar-refractivity contribution in [1.29, 1.82) is 0 Å². The summed E-state index contributed by atoms with van der Waals surface area (Å²) in [4.78, 5) is 12.5. The first-order valence-corrected chi connectivity index (χ1v) is 7.81. The molecule has 0 aliphatic rings. The first-order chi connectivity index (χ1) is 9.34. The molecule has 0 radical (unpaired) electrons. The average Bonchev–Trinajstić information content (AvgIpc) is 2.47. The van der Waals surface area contributed by atoms with E-state index in [0.717, 1.165) is 20.8 Å². The van der Waals surface area contributed by atoms with Crippen molar-refractivity contribution in [3.8, 4) is 0 Å². The fourth-order valence-corrected chi connectivity index (χ4v) is 3.72. The van der Waals surface area contributed by atoms with Crippen molar-refractivity contribution in [2.45, 2.75) is 0 Å². The van der Waals surface area contributed by atoms with E-state index in [1.165, 1.54) is 0 Å². The number of fused-ring (bicyclic) bond motifs is 1. The van der Waals surface area contributed by atoms with Crippen molar-refractivity contribution < 1.29 is 4.79 Å². The van der Waals surface area contributed by atoms with E-state index in [1.807, 2.05) is 72.8 Å². The van der Waals surface area contributed by atoms with E-state index in [-0.39, 0.29) is 19.6 Å². The molecule has 0 amide bonds. The molecule has 0 bridgehead atoms. The van der Waals surface area contributed by atoms with E-state index in [0.29, 0.717) is 0 Å². The van der Waals surface area contributed by atoms with Gasteiger partial charge in [-0.1, -0.05) is 0 Å². The van der Waals surface area contributed by atoms with Crippen LogP contribution in [0.1, 0.15) is 10.4 Å². The fourth-order valence-electron chi connectivity index (χ4n) is 2.05. The summed E-state index contributed by atoms with van der Waals surface area (Å²) in [5.74, 6) is 0. The van der Waals surface area contributed by atoms with Crippen molar-refractivity contribution in [3.05, 3.63) is 78.4 Å². The van der Waals surface area contributed by atoms with Gasteiger partial charge in [-0.2, -0.15) is 0 Å². The zero-order valence-corrected chi connectivity index (χ0v) is 12.0. The van der Waals surface area contributed by atoms with Crippen LogP contribution < -0.4 is 4.46 Å². The average molecular weight is 311 g/mol. The predicted octanol–water partition coefficient (Wildman–Crippen LogP) is 3.01. The van der Waals surface area contributed by atoms with E-state index in [2.05, 4.69) is 0 Å². The molecule has 19 heavy (non-hydrogen) atoms. The van der Waals surface area contributed by atoms with Gasteiger partial charge in [0.15, 0.2) is 0 Å². The first-order valence-electron chi connectivity index (χ1n) is 6.09. The Balaban J connectivity index is 1.98. The van der Waals surface area contributed by atoms with Gasteiger partial charge in [0.25, 0.3) is 0 Å². The van der Waals surface area contributed by atoms with Crippen molar-refractivity contribution in [3.63, 3.8) is 0 Å². The van der Waals surface area contributed by atoms with Gasteiger partial charge in [-0.25, -0.2) is 0 Å². The second-order valence-corrected chi connectivity index (χ2v) is 6.42. The topological polar surface area (TPSA) is 17.1 Å². The molecule has 0 saturated carbocycles. The standard InChI is InChI=1S/C17H12OSe/c18-17(19-14-9-2-1-3-10-14)16-12-6-8-13-7-4-5-11-15(13)16/h1-12H. The van der Waals surface area contributed by atoms with E-state index < -0.39 is 0 Å². The molecule has 0 spiro atoms. The second-order valence-electron chi connectivity index (χ2n) is 4.23. The third-order valence-electron chi connectivity index (χ3n) is 2.96. The molecule has 0 aliphatic heterocycles. The quantitative estimate of drug-likeness (QED) is 0.680. The van der Waals surface area contributed by atoms with Crippen LogP contribution in [-0.2, 0) is 0 Å². The monoisotopic (exact) mass is 312 g/mol. The number of carbonyl (C=O) groups excluding carboxylic acids is 1. The van der Waals surface area contributed by atoms with Crippen molar-refractivity contribution in [1.82, 2.24) is 0 Å². The SMILES string of the molecule is O=C([Se]c1ccccc1)c1cccc2ccccc12. The second kappa shape index (κ2) is 5.39. The van der Waals surface area contributed by atoms with E-state index in [9.17, 15) is 4.79 Å². The van der Waals surface area contributed by atoms with Crippen molar-refractivity contribution in [2.24, 2.45) is 0 Å². The van der Waals surface area contributed by atoms with Gasteiger partial charge in [-0.3, -0.25) is 0 Å². The van der Waals surface area contributed by atoms with Crippen LogP contribution >= 0.6 is 0 Å². The molecule has 3 aromatic carbocycles. The normalized spacial score (nSPS) is 10.5. The third kappa shape index (κ3) is 2.60. The molecular weight excluding hydrogens is 299 g/mol. The van der Waals surface area contributed by atoms with Gasteiger partial charge in [0, 0.05) is 0 Å². The molecule has 0 N–H and O–H groups in total. The molecule has 0 saturated heterocycles. The Morgan fingerprint density at radius 1 is 0.737 bits per heavy atom. The number of hydrogen-bond acceptors (Lipinski definition) is 1. The van der Waals surface area contributed by atoms with Crippen molar-refractivity contribution >= 4 is 34.9 Å². The molecule has 0 unspecified atom stereocenters. The maximum atomic E-state index is 12.5. The van der Waals surface area contributed by atoms with Gasteiger partial charge in [-0.05, 0) is 0 Å². The van der Waals surface area contributed by atoms with Crippen LogP contribution in [0.25, 0.3) is 10.8 Å². The van der Waals surface area contributed by atoms with Gasteiger partial charge in [0.05, 0.1) is 0 Å². The molecule has 2 heteroatoms. The van der Waals surface area contributed by atoms with Gasteiger partial charge in [-0.15, -0.1) is 0 Å². The van der Waals surface area contributed by atoms with Gasteiger partial charge < -0.3 is 0 Å². The zero-order chi connectivity index (χ0) is 13.1. The van der Waals surface area contributed by atoms with E-state index in [4.69, 9.17) is 0 Å². The van der Waals surface area contributed by atoms with Gasteiger partial charge >= 0.3 is 118 Å². The minimum atomic E-state index is -0.161. The molecule has 0 heterocycles. The summed E-state index contributed by atoms with van der Waals surface area (Å²) < 4.78 is 1.35. The molecule has 1 nitrogen and oxygen atoms in total. The Morgan fingerprint density at radius 3 is 2.26 bits per heavy atom. The molecule has 92 valence electrons. The summed E-state index contributed by atoms with van der Waals surface area (Å²) >= 11 is -0.161. The predicted molar refractivity (Wildman–Crippen MR) is 80.1 cm³/mol.